The minimum Gasteiger partial charge on any atom is -0.347 e. The second-order valence-electron chi connectivity index (χ2n) is 5.30. The molecule has 0 aromatic rings. The molecule has 0 amide bonds. The van der Waals surface area contributed by atoms with Gasteiger partial charge in [0.1, 0.15) is 0 Å². The number of ether oxygens (including phenoxy) is 2. The van der Waals surface area contributed by atoms with E-state index in [1.807, 2.05) is 0 Å². The van der Waals surface area contributed by atoms with Crippen molar-refractivity contribution >= 4 is 10.2 Å². The molecule has 0 fully saturated rings. The summed E-state index contributed by atoms with van der Waals surface area (Å²) in [5, 5.41) is 0. The molecule has 80 valence electrons. The smallest absolute Gasteiger partial charge is 0.155 e. The van der Waals surface area contributed by atoms with Crippen LogP contribution in [0.25, 0.3) is 0 Å². The third kappa shape index (κ3) is 8.47. The van der Waals surface area contributed by atoms with Crippen molar-refractivity contribution < 1.29 is 9.47 Å². The predicted molar refractivity (Wildman–Crippen MR) is 60.2 cm³/mol. The maximum atomic E-state index is 5.78. The summed E-state index contributed by atoms with van der Waals surface area (Å²) < 4.78 is 11.6. The molecule has 0 heterocycles. The van der Waals surface area contributed by atoms with Gasteiger partial charge < -0.3 is 9.47 Å². The van der Waals surface area contributed by atoms with Crippen LogP contribution in [-0.2, 0) is 9.47 Å². The Morgan fingerprint density at radius 3 is 1.38 bits per heavy atom. The molecule has 0 spiro atoms. The average molecular weight is 204 g/mol. The first-order valence-electron chi connectivity index (χ1n) is 5.00. The van der Waals surface area contributed by atoms with Gasteiger partial charge in [-0.2, -0.15) is 0 Å². The van der Waals surface area contributed by atoms with E-state index in [1.54, 1.807) is 0 Å². The molecule has 2 nitrogen and oxygen atoms in total. The van der Waals surface area contributed by atoms with Gasteiger partial charge in [-0.3, -0.25) is 0 Å². The summed E-state index contributed by atoms with van der Waals surface area (Å²) in [6, 6.07) is 1.02. The zero-order valence-electron chi connectivity index (χ0n) is 10.1. The molecule has 0 aromatic heterocycles. The van der Waals surface area contributed by atoms with Crippen molar-refractivity contribution in [2.75, 3.05) is 0 Å². The van der Waals surface area contributed by atoms with Crippen molar-refractivity contribution in [3.63, 3.8) is 0 Å². The minimum atomic E-state index is -0.111. The quantitative estimate of drug-likeness (QED) is 0.515. The van der Waals surface area contributed by atoms with Crippen molar-refractivity contribution in [3.8, 4) is 0 Å². The summed E-state index contributed by atoms with van der Waals surface area (Å²) in [6.07, 6.45) is -0.0355. The lowest BCUT2D eigenvalue weighted by Crippen LogP contribution is -2.34. The summed E-state index contributed by atoms with van der Waals surface area (Å²) in [7, 11) is 1.11. The average Bonchev–Trinajstić information content (AvgIpc) is 1.79. The molecule has 0 aliphatic rings. The molecule has 0 aliphatic heterocycles. The van der Waals surface area contributed by atoms with E-state index in [0.717, 1.165) is 16.3 Å². The number of hydrogen-bond donors (Lipinski definition) is 0. The third-order valence-corrected chi connectivity index (χ3v) is 1.97. The van der Waals surface area contributed by atoms with Crippen LogP contribution in [0.2, 0.25) is 6.04 Å². The van der Waals surface area contributed by atoms with E-state index in [-0.39, 0.29) is 17.5 Å². The highest BCUT2D eigenvalue weighted by Gasteiger charge is 2.22. The molecule has 13 heavy (non-hydrogen) atoms. The highest BCUT2D eigenvalue weighted by molar-refractivity contribution is 6.08. The van der Waals surface area contributed by atoms with Crippen LogP contribution in [0.1, 0.15) is 41.5 Å². The molecule has 0 saturated carbocycles. The molecule has 0 rings (SSSR count). The van der Waals surface area contributed by atoms with E-state index < -0.39 is 0 Å². The summed E-state index contributed by atoms with van der Waals surface area (Å²) in [5.74, 6) is 0. The van der Waals surface area contributed by atoms with E-state index in [1.165, 1.54) is 0 Å². The van der Waals surface area contributed by atoms with Gasteiger partial charge in [-0.1, -0.05) is 0 Å². The first-order chi connectivity index (χ1) is 5.64. The zero-order chi connectivity index (χ0) is 10.7. The Kier molecular flexibility index (Phi) is 4.62. The normalized spacial score (nSPS) is 14.1. The van der Waals surface area contributed by atoms with Gasteiger partial charge in [0.2, 0.25) is 0 Å². The van der Waals surface area contributed by atoms with Gasteiger partial charge in [-0.05, 0) is 47.6 Å². The van der Waals surface area contributed by atoms with Gasteiger partial charge >= 0.3 is 0 Å². The summed E-state index contributed by atoms with van der Waals surface area (Å²) in [5.41, 5.74) is -0.222. The molecular weight excluding hydrogens is 180 g/mol. The Morgan fingerprint density at radius 2 is 1.23 bits per heavy atom. The van der Waals surface area contributed by atoms with Gasteiger partial charge in [0.25, 0.3) is 0 Å². The van der Waals surface area contributed by atoms with Gasteiger partial charge in [-0.15, -0.1) is 0 Å². The largest absolute Gasteiger partial charge is 0.347 e. The number of hydrogen-bond acceptors (Lipinski definition) is 2. The maximum absolute atomic E-state index is 5.78. The fourth-order valence-corrected chi connectivity index (χ4v) is 1.31. The van der Waals surface area contributed by atoms with Crippen molar-refractivity contribution in [1.29, 1.82) is 0 Å². The predicted octanol–water partition coefficient (Wildman–Crippen LogP) is 1.73. The Hall–Kier alpha value is 0.137. The van der Waals surface area contributed by atoms with E-state index in [9.17, 15) is 0 Å². The monoisotopic (exact) mass is 204 g/mol. The molecule has 3 heteroatoms. The van der Waals surface area contributed by atoms with Crippen LogP contribution in [0, 0.1) is 0 Å². The Morgan fingerprint density at radius 1 is 0.923 bits per heavy atom. The lowest BCUT2D eigenvalue weighted by Gasteiger charge is -2.32. The Labute approximate surface area is 85.4 Å². The third-order valence-electron chi connectivity index (χ3n) is 1.30. The molecule has 0 N–H and O–H groups in total. The van der Waals surface area contributed by atoms with E-state index >= 15 is 0 Å². The van der Waals surface area contributed by atoms with Crippen LogP contribution in [0.4, 0.5) is 0 Å². The second-order valence-corrected chi connectivity index (χ2v) is 6.11. The summed E-state index contributed by atoms with van der Waals surface area (Å²) >= 11 is 0. The minimum absolute atomic E-state index is 0.0355. The van der Waals surface area contributed by atoms with E-state index in [2.05, 4.69) is 41.5 Å². The fraction of sp³-hybridized carbons (Fsp3) is 1.00. The van der Waals surface area contributed by atoms with E-state index in [0.29, 0.717) is 0 Å². The first-order valence-corrected chi connectivity index (χ1v) is 6.41. The molecule has 0 bridgehead atoms. The highest BCUT2D eigenvalue weighted by atomic mass is 28.1. The van der Waals surface area contributed by atoms with Crippen molar-refractivity contribution in [1.82, 2.24) is 0 Å². The Balaban J connectivity index is 4.05. The molecule has 0 unspecified atom stereocenters. The standard InChI is InChI=1S/C10H24O2Si/c1-9(2,3)11-8(7-13)12-10(4,5)6/h8H,7H2,1-6,13H3. The van der Waals surface area contributed by atoms with Crippen LogP contribution in [0.15, 0.2) is 0 Å². The van der Waals surface area contributed by atoms with Crippen LogP contribution in [0.5, 0.6) is 0 Å². The molecule has 0 aliphatic carbocycles. The van der Waals surface area contributed by atoms with Crippen LogP contribution in [0.3, 0.4) is 0 Å². The number of rotatable bonds is 3. The van der Waals surface area contributed by atoms with Crippen molar-refractivity contribution in [2.24, 2.45) is 0 Å². The lowest BCUT2D eigenvalue weighted by atomic mass is 10.2. The summed E-state index contributed by atoms with van der Waals surface area (Å²) in [6.45, 7) is 12.4. The molecule has 0 atom stereocenters. The van der Waals surface area contributed by atoms with E-state index in [4.69, 9.17) is 9.47 Å². The van der Waals surface area contributed by atoms with Gasteiger partial charge in [0.15, 0.2) is 6.29 Å². The Bertz CT molecular complexity index is 128. The fourth-order valence-electron chi connectivity index (χ4n) is 0.979. The van der Waals surface area contributed by atoms with Crippen molar-refractivity contribution in [2.45, 2.75) is 65.1 Å². The topological polar surface area (TPSA) is 18.5 Å². The van der Waals surface area contributed by atoms with Crippen LogP contribution in [-0.4, -0.2) is 27.7 Å². The van der Waals surface area contributed by atoms with Gasteiger partial charge in [-0.25, -0.2) is 0 Å². The highest BCUT2D eigenvalue weighted by Crippen LogP contribution is 2.19. The van der Waals surface area contributed by atoms with Gasteiger partial charge in [0, 0.05) is 10.2 Å². The SMILES string of the molecule is CC(C)(C)OC(C[SiH3])OC(C)(C)C. The molecule has 0 aromatic carbocycles. The maximum Gasteiger partial charge on any atom is 0.155 e. The molecule has 0 radical (unpaired) electrons. The molecule has 0 saturated heterocycles. The zero-order valence-corrected chi connectivity index (χ0v) is 12.1. The van der Waals surface area contributed by atoms with Crippen molar-refractivity contribution in [3.05, 3.63) is 0 Å². The lowest BCUT2D eigenvalue weighted by molar-refractivity contribution is -0.223. The van der Waals surface area contributed by atoms with Crippen LogP contribution < -0.4 is 0 Å². The van der Waals surface area contributed by atoms with Gasteiger partial charge in [0.05, 0.1) is 11.2 Å². The van der Waals surface area contributed by atoms with Crippen LogP contribution >= 0.6 is 0 Å². The first kappa shape index (κ1) is 13.1. The summed E-state index contributed by atoms with van der Waals surface area (Å²) in [4.78, 5) is 0. The second kappa shape index (κ2) is 4.58. The molecular formula is C10H24O2Si.